The third-order valence-electron chi connectivity index (χ3n) is 6.37. The predicted molar refractivity (Wildman–Crippen MR) is 124 cm³/mol. The summed E-state index contributed by atoms with van der Waals surface area (Å²) in [6.45, 7) is 1.16. The molecule has 2 aliphatic heterocycles. The van der Waals surface area contributed by atoms with Crippen LogP contribution in [0.3, 0.4) is 0 Å². The fraction of sp³-hybridized carbons (Fsp3) is 0.348. The number of ether oxygens (including phenoxy) is 1. The number of rotatable bonds is 5. The molecule has 176 valence electrons. The van der Waals surface area contributed by atoms with Crippen LogP contribution in [0, 0.1) is 23.1 Å². The monoisotopic (exact) mass is 499 g/mol. The lowest BCUT2D eigenvalue weighted by molar-refractivity contribution is 0.0550. The van der Waals surface area contributed by atoms with E-state index in [4.69, 9.17) is 4.74 Å². The van der Waals surface area contributed by atoms with E-state index in [9.17, 15) is 18.1 Å². The first-order chi connectivity index (χ1) is 16.4. The predicted octanol–water partition coefficient (Wildman–Crippen LogP) is 4.28. The van der Waals surface area contributed by atoms with Gasteiger partial charge in [0.25, 0.3) is 10.0 Å². The highest BCUT2D eigenvalue weighted by atomic mass is 32.2. The van der Waals surface area contributed by atoms with Gasteiger partial charge in [0.15, 0.2) is 0 Å². The van der Waals surface area contributed by atoms with E-state index in [-0.39, 0.29) is 33.8 Å². The second-order valence-electron chi connectivity index (χ2n) is 8.36. The lowest BCUT2D eigenvalue weighted by atomic mass is 9.85. The number of hydrogen-bond acceptors (Lipinski definition) is 8. The highest BCUT2D eigenvalue weighted by Crippen LogP contribution is 2.45. The normalized spacial score (nSPS) is 22.9. The van der Waals surface area contributed by atoms with E-state index in [1.807, 2.05) is 0 Å². The number of piperidine rings is 1. The van der Waals surface area contributed by atoms with E-state index < -0.39 is 10.0 Å². The van der Waals surface area contributed by atoms with Crippen molar-refractivity contribution in [1.29, 1.82) is 5.26 Å². The first kappa shape index (κ1) is 22.7. The highest BCUT2D eigenvalue weighted by molar-refractivity contribution is 7.93. The SMILES string of the molecule is N#C[C@H]1CCN([C@H]2CCOc3cc(S(=O)(=O)Nc4ncns4)ccc32)C(c2ccc(F)cc2)C1. The Bertz CT molecular complexity index is 1310. The van der Waals surface area contributed by atoms with Crippen molar-refractivity contribution in [3.63, 3.8) is 0 Å². The number of aromatic nitrogens is 2. The standard InChI is InChI=1S/C23H22FN5O3S2/c24-17-3-1-16(2-4-17)21-11-15(13-25)7-9-29(21)20-8-10-32-22-12-18(5-6-19(20)22)34(30,31)28-23-26-14-27-33-23/h1-6,12,14-15,20-21H,7-11H2,(H,26,27,28)/t15-,20-,21?/m0/s1. The Morgan fingerprint density at radius 3 is 2.74 bits per heavy atom. The van der Waals surface area contributed by atoms with E-state index in [0.717, 1.165) is 35.5 Å². The molecule has 3 heterocycles. The van der Waals surface area contributed by atoms with Gasteiger partial charge in [0.2, 0.25) is 5.13 Å². The van der Waals surface area contributed by atoms with Crippen LogP contribution >= 0.6 is 11.5 Å². The van der Waals surface area contributed by atoms with Gasteiger partial charge in [-0.3, -0.25) is 9.62 Å². The quantitative estimate of drug-likeness (QED) is 0.558. The number of benzene rings is 2. The third-order valence-corrected chi connectivity index (χ3v) is 8.41. The number of nitrogens with one attached hydrogen (secondary N) is 1. The van der Waals surface area contributed by atoms with Crippen LogP contribution in [0.25, 0.3) is 0 Å². The molecule has 1 N–H and O–H groups in total. The summed E-state index contributed by atoms with van der Waals surface area (Å²) in [7, 11) is -3.83. The third kappa shape index (κ3) is 4.49. The molecule has 0 aliphatic carbocycles. The van der Waals surface area contributed by atoms with E-state index in [1.165, 1.54) is 18.5 Å². The molecule has 0 saturated carbocycles. The van der Waals surface area contributed by atoms with Crippen LogP contribution in [0.2, 0.25) is 0 Å². The van der Waals surface area contributed by atoms with Gasteiger partial charge in [0.1, 0.15) is 17.9 Å². The van der Waals surface area contributed by atoms with Crippen LogP contribution in [0.5, 0.6) is 5.75 Å². The van der Waals surface area contributed by atoms with Gasteiger partial charge in [0.05, 0.1) is 17.6 Å². The van der Waals surface area contributed by atoms with Crippen LogP contribution in [-0.4, -0.2) is 35.8 Å². The summed E-state index contributed by atoms with van der Waals surface area (Å²) >= 11 is 0.958. The molecule has 3 aromatic rings. The Kier molecular flexibility index (Phi) is 6.20. The summed E-state index contributed by atoms with van der Waals surface area (Å²) in [6, 6.07) is 13.7. The molecule has 0 spiro atoms. The molecular formula is C23H22FN5O3S2. The Labute approximate surface area is 201 Å². The van der Waals surface area contributed by atoms with E-state index >= 15 is 0 Å². The number of anilines is 1. The molecule has 2 aliphatic rings. The molecule has 1 unspecified atom stereocenters. The smallest absolute Gasteiger partial charge is 0.263 e. The van der Waals surface area contributed by atoms with Crippen molar-refractivity contribution < 1.29 is 17.5 Å². The molecule has 0 radical (unpaired) electrons. The number of likely N-dealkylation sites (tertiary alicyclic amines) is 1. The topological polar surface area (TPSA) is 108 Å². The highest BCUT2D eigenvalue weighted by Gasteiger charge is 2.37. The van der Waals surface area contributed by atoms with Gasteiger partial charge in [-0.15, -0.1) is 0 Å². The summed E-state index contributed by atoms with van der Waals surface area (Å²) in [5, 5.41) is 9.73. The van der Waals surface area contributed by atoms with Crippen molar-refractivity contribution in [3.8, 4) is 11.8 Å². The van der Waals surface area contributed by atoms with Crippen LogP contribution < -0.4 is 9.46 Å². The molecule has 1 aromatic heterocycles. The molecule has 1 saturated heterocycles. The number of nitrogens with zero attached hydrogens (tertiary/aromatic N) is 4. The van der Waals surface area contributed by atoms with Crippen LogP contribution in [-0.2, 0) is 10.0 Å². The zero-order chi connectivity index (χ0) is 23.7. The van der Waals surface area contributed by atoms with Crippen molar-refractivity contribution in [2.45, 2.75) is 36.2 Å². The van der Waals surface area contributed by atoms with Crippen molar-refractivity contribution >= 4 is 26.7 Å². The second-order valence-corrected chi connectivity index (χ2v) is 10.8. The lowest BCUT2D eigenvalue weighted by Crippen LogP contribution is -2.41. The Morgan fingerprint density at radius 2 is 2.00 bits per heavy atom. The number of hydrogen-bond donors (Lipinski definition) is 1. The summed E-state index contributed by atoms with van der Waals surface area (Å²) in [5.41, 5.74) is 1.87. The summed E-state index contributed by atoms with van der Waals surface area (Å²) in [5.74, 6) is 0.163. The van der Waals surface area contributed by atoms with E-state index in [1.54, 1.807) is 30.3 Å². The van der Waals surface area contributed by atoms with Gasteiger partial charge in [-0.1, -0.05) is 18.2 Å². The van der Waals surface area contributed by atoms with E-state index in [0.29, 0.717) is 25.3 Å². The molecular weight excluding hydrogens is 477 g/mol. The minimum atomic E-state index is -3.83. The summed E-state index contributed by atoms with van der Waals surface area (Å²) < 4.78 is 51.3. The van der Waals surface area contributed by atoms with Gasteiger partial charge in [-0.25, -0.2) is 17.8 Å². The average Bonchev–Trinajstić information content (AvgIpc) is 3.36. The first-order valence-electron chi connectivity index (χ1n) is 10.9. The number of fused-ring (bicyclic) bond motifs is 1. The summed E-state index contributed by atoms with van der Waals surface area (Å²) in [4.78, 5) is 6.30. The van der Waals surface area contributed by atoms with Crippen molar-refractivity contribution in [3.05, 3.63) is 65.7 Å². The van der Waals surface area contributed by atoms with E-state index in [2.05, 4.69) is 25.0 Å². The molecule has 8 nitrogen and oxygen atoms in total. The minimum Gasteiger partial charge on any atom is -0.493 e. The van der Waals surface area contributed by atoms with Crippen LogP contribution in [0.1, 0.15) is 42.5 Å². The van der Waals surface area contributed by atoms with Gasteiger partial charge >= 0.3 is 0 Å². The maximum absolute atomic E-state index is 13.6. The maximum Gasteiger partial charge on any atom is 0.263 e. The van der Waals surface area contributed by atoms with Crippen LogP contribution in [0.15, 0.2) is 53.7 Å². The zero-order valence-corrected chi connectivity index (χ0v) is 19.7. The molecule has 0 bridgehead atoms. The van der Waals surface area contributed by atoms with Crippen LogP contribution in [0.4, 0.5) is 9.52 Å². The Morgan fingerprint density at radius 1 is 1.18 bits per heavy atom. The molecule has 11 heteroatoms. The fourth-order valence-electron chi connectivity index (χ4n) is 4.74. The van der Waals surface area contributed by atoms with Gasteiger partial charge in [-0.05, 0) is 36.6 Å². The summed E-state index contributed by atoms with van der Waals surface area (Å²) in [6.07, 6.45) is 3.43. The molecule has 3 atom stereocenters. The molecule has 34 heavy (non-hydrogen) atoms. The minimum absolute atomic E-state index is 0.00804. The maximum atomic E-state index is 13.6. The Hall–Kier alpha value is -3.07. The largest absolute Gasteiger partial charge is 0.493 e. The van der Waals surface area contributed by atoms with Crippen molar-refractivity contribution in [2.75, 3.05) is 17.9 Å². The van der Waals surface area contributed by atoms with Gasteiger partial charge in [0, 0.05) is 54.1 Å². The molecule has 2 aromatic carbocycles. The number of sulfonamides is 1. The zero-order valence-electron chi connectivity index (χ0n) is 18.1. The fourth-order valence-corrected chi connectivity index (χ4v) is 6.42. The average molecular weight is 500 g/mol. The number of halogens is 1. The molecule has 5 rings (SSSR count). The Balaban J connectivity index is 1.46. The van der Waals surface area contributed by atoms with Gasteiger partial charge < -0.3 is 4.74 Å². The van der Waals surface area contributed by atoms with Crippen molar-refractivity contribution in [2.24, 2.45) is 5.92 Å². The lowest BCUT2D eigenvalue weighted by Gasteiger charge is -2.44. The second kappa shape index (κ2) is 9.29. The molecule has 1 fully saturated rings. The molecule has 0 amide bonds. The number of nitriles is 1. The van der Waals surface area contributed by atoms with Gasteiger partial charge in [-0.2, -0.15) is 9.64 Å². The van der Waals surface area contributed by atoms with Crippen molar-refractivity contribution in [1.82, 2.24) is 14.3 Å². The first-order valence-corrected chi connectivity index (χ1v) is 13.2.